The molecule has 1 N–H and O–H groups in total. The number of furan rings is 1. The Balaban J connectivity index is 1.71. The van der Waals surface area contributed by atoms with Gasteiger partial charge in [0.15, 0.2) is 0 Å². The molecular weight excluding hydrogens is 280 g/mol. The molecule has 1 heterocycles. The molecule has 5 heteroatoms. The minimum Gasteiger partial charge on any atom is -0.489 e. The molecule has 1 unspecified atom stereocenters. The van der Waals surface area contributed by atoms with Crippen LogP contribution in [0.5, 0.6) is 5.75 Å². The predicted molar refractivity (Wildman–Crippen MR) is 76.1 cm³/mol. The first-order chi connectivity index (χ1) is 9.65. The standard InChI is InChI=1S/C15H17ClO4/c1-11-4-5-14(16)15(7-11)20-9-12(17)8-18-10-13-3-2-6-19-13/h2-7,12,17H,8-10H2,1H3. The number of aliphatic hydroxyl groups is 1. The number of halogens is 1. The van der Waals surface area contributed by atoms with E-state index >= 15 is 0 Å². The van der Waals surface area contributed by atoms with Crippen LogP contribution in [0.4, 0.5) is 0 Å². The number of aliphatic hydroxyl groups excluding tert-OH is 1. The smallest absolute Gasteiger partial charge is 0.138 e. The lowest BCUT2D eigenvalue weighted by Gasteiger charge is -2.13. The van der Waals surface area contributed by atoms with E-state index in [0.717, 1.165) is 11.3 Å². The highest BCUT2D eigenvalue weighted by molar-refractivity contribution is 6.32. The van der Waals surface area contributed by atoms with Crippen LogP contribution in [0.1, 0.15) is 11.3 Å². The van der Waals surface area contributed by atoms with Crippen molar-refractivity contribution in [3.63, 3.8) is 0 Å². The average molecular weight is 297 g/mol. The fraction of sp³-hybridized carbons (Fsp3) is 0.333. The van der Waals surface area contributed by atoms with E-state index in [2.05, 4.69) is 0 Å². The van der Waals surface area contributed by atoms with Crippen LogP contribution in [0.25, 0.3) is 0 Å². The molecule has 0 saturated heterocycles. The third kappa shape index (κ3) is 4.56. The molecule has 20 heavy (non-hydrogen) atoms. The summed E-state index contributed by atoms with van der Waals surface area (Å²) in [7, 11) is 0. The first-order valence-corrected chi connectivity index (χ1v) is 6.70. The van der Waals surface area contributed by atoms with E-state index in [1.54, 1.807) is 18.4 Å². The van der Waals surface area contributed by atoms with Gasteiger partial charge in [-0.3, -0.25) is 0 Å². The molecule has 0 fully saturated rings. The van der Waals surface area contributed by atoms with Gasteiger partial charge in [-0.05, 0) is 36.8 Å². The van der Waals surface area contributed by atoms with Crippen molar-refractivity contribution in [2.24, 2.45) is 0 Å². The molecule has 108 valence electrons. The van der Waals surface area contributed by atoms with Crippen LogP contribution in [0.15, 0.2) is 41.0 Å². The van der Waals surface area contributed by atoms with Crippen LogP contribution in [0, 0.1) is 6.92 Å². The summed E-state index contributed by atoms with van der Waals surface area (Å²) in [4.78, 5) is 0. The minimum absolute atomic E-state index is 0.126. The van der Waals surface area contributed by atoms with Gasteiger partial charge in [0, 0.05) is 0 Å². The number of aryl methyl sites for hydroxylation is 1. The van der Waals surface area contributed by atoms with Crippen molar-refractivity contribution in [2.45, 2.75) is 19.6 Å². The molecule has 1 atom stereocenters. The molecular formula is C15H17ClO4. The molecule has 1 aromatic heterocycles. The van der Waals surface area contributed by atoms with Crippen LogP contribution in [-0.4, -0.2) is 24.4 Å². The summed E-state index contributed by atoms with van der Waals surface area (Å²) >= 11 is 6.00. The maximum Gasteiger partial charge on any atom is 0.138 e. The molecule has 1 aromatic carbocycles. The zero-order valence-corrected chi connectivity index (χ0v) is 12.0. The Bertz CT molecular complexity index is 525. The SMILES string of the molecule is Cc1ccc(Cl)c(OCC(O)COCc2ccco2)c1. The Labute approximate surface area is 122 Å². The van der Waals surface area contributed by atoms with Crippen LogP contribution in [-0.2, 0) is 11.3 Å². The lowest BCUT2D eigenvalue weighted by atomic mass is 10.2. The average Bonchev–Trinajstić information content (AvgIpc) is 2.93. The summed E-state index contributed by atoms with van der Waals surface area (Å²) in [6, 6.07) is 9.11. The normalized spacial score (nSPS) is 12.3. The summed E-state index contributed by atoms with van der Waals surface area (Å²) < 4.78 is 15.9. The monoisotopic (exact) mass is 296 g/mol. The van der Waals surface area contributed by atoms with Crippen molar-refractivity contribution >= 4 is 11.6 Å². The van der Waals surface area contributed by atoms with E-state index < -0.39 is 6.10 Å². The van der Waals surface area contributed by atoms with E-state index in [4.69, 9.17) is 25.5 Å². The van der Waals surface area contributed by atoms with Gasteiger partial charge in [0.25, 0.3) is 0 Å². The molecule has 0 amide bonds. The fourth-order valence-corrected chi connectivity index (χ4v) is 1.82. The van der Waals surface area contributed by atoms with Gasteiger partial charge in [-0.25, -0.2) is 0 Å². The van der Waals surface area contributed by atoms with Crippen LogP contribution < -0.4 is 4.74 Å². The van der Waals surface area contributed by atoms with Crippen LogP contribution in [0.3, 0.4) is 0 Å². The minimum atomic E-state index is -0.721. The number of hydrogen-bond donors (Lipinski definition) is 1. The highest BCUT2D eigenvalue weighted by atomic mass is 35.5. The molecule has 2 aromatic rings. The second kappa shape index (κ2) is 7.33. The zero-order chi connectivity index (χ0) is 14.4. The molecule has 0 radical (unpaired) electrons. The lowest BCUT2D eigenvalue weighted by Crippen LogP contribution is -2.23. The van der Waals surface area contributed by atoms with E-state index in [-0.39, 0.29) is 13.2 Å². The quantitative estimate of drug-likeness (QED) is 0.852. The Morgan fingerprint density at radius 2 is 2.15 bits per heavy atom. The van der Waals surface area contributed by atoms with Crippen molar-refractivity contribution < 1.29 is 19.0 Å². The first kappa shape index (κ1) is 14.9. The molecule has 0 aliphatic rings. The maximum absolute atomic E-state index is 9.78. The lowest BCUT2D eigenvalue weighted by molar-refractivity contribution is 0.000889. The summed E-state index contributed by atoms with van der Waals surface area (Å²) in [5, 5.41) is 10.3. The summed E-state index contributed by atoms with van der Waals surface area (Å²) in [6.07, 6.45) is 0.861. The highest BCUT2D eigenvalue weighted by Crippen LogP contribution is 2.25. The molecule has 0 aliphatic heterocycles. The Kier molecular flexibility index (Phi) is 5.47. The van der Waals surface area contributed by atoms with Gasteiger partial charge in [0.05, 0.1) is 17.9 Å². The van der Waals surface area contributed by atoms with Gasteiger partial charge in [-0.1, -0.05) is 17.7 Å². The van der Waals surface area contributed by atoms with Gasteiger partial charge in [0.1, 0.15) is 30.8 Å². The third-order valence-corrected chi connectivity index (χ3v) is 2.96. The van der Waals surface area contributed by atoms with Crippen molar-refractivity contribution in [3.8, 4) is 5.75 Å². The highest BCUT2D eigenvalue weighted by Gasteiger charge is 2.08. The predicted octanol–water partition coefficient (Wildman–Crippen LogP) is 3.20. The zero-order valence-electron chi connectivity index (χ0n) is 11.2. The second-order valence-electron chi connectivity index (χ2n) is 4.49. The van der Waals surface area contributed by atoms with Crippen molar-refractivity contribution in [1.29, 1.82) is 0 Å². The molecule has 4 nitrogen and oxygen atoms in total. The Hall–Kier alpha value is -1.49. The Morgan fingerprint density at radius 3 is 2.90 bits per heavy atom. The molecule has 0 saturated carbocycles. The van der Waals surface area contributed by atoms with E-state index in [1.807, 2.05) is 25.1 Å². The molecule has 2 rings (SSSR count). The van der Waals surface area contributed by atoms with Crippen LogP contribution >= 0.6 is 11.6 Å². The summed E-state index contributed by atoms with van der Waals surface area (Å²) in [6.45, 7) is 2.58. The summed E-state index contributed by atoms with van der Waals surface area (Å²) in [5.74, 6) is 1.29. The number of ether oxygens (including phenoxy) is 2. The van der Waals surface area contributed by atoms with Gasteiger partial charge < -0.3 is 19.0 Å². The molecule has 0 bridgehead atoms. The second-order valence-corrected chi connectivity index (χ2v) is 4.90. The number of hydrogen-bond acceptors (Lipinski definition) is 4. The van der Waals surface area contributed by atoms with Crippen molar-refractivity contribution in [2.75, 3.05) is 13.2 Å². The third-order valence-electron chi connectivity index (χ3n) is 2.65. The van der Waals surface area contributed by atoms with E-state index in [1.165, 1.54) is 0 Å². The molecule has 0 spiro atoms. The van der Waals surface area contributed by atoms with Crippen LogP contribution in [0.2, 0.25) is 5.02 Å². The van der Waals surface area contributed by atoms with Crippen molar-refractivity contribution in [3.05, 3.63) is 52.9 Å². The van der Waals surface area contributed by atoms with Gasteiger partial charge in [0.2, 0.25) is 0 Å². The van der Waals surface area contributed by atoms with Gasteiger partial charge in [-0.2, -0.15) is 0 Å². The van der Waals surface area contributed by atoms with E-state index in [0.29, 0.717) is 17.4 Å². The van der Waals surface area contributed by atoms with E-state index in [9.17, 15) is 5.11 Å². The first-order valence-electron chi connectivity index (χ1n) is 6.32. The van der Waals surface area contributed by atoms with Gasteiger partial charge >= 0.3 is 0 Å². The topological polar surface area (TPSA) is 51.8 Å². The Morgan fingerprint density at radius 1 is 1.30 bits per heavy atom. The largest absolute Gasteiger partial charge is 0.489 e. The molecule has 0 aliphatic carbocycles. The number of rotatable bonds is 7. The number of benzene rings is 1. The van der Waals surface area contributed by atoms with Crippen molar-refractivity contribution in [1.82, 2.24) is 0 Å². The summed E-state index contributed by atoms with van der Waals surface area (Å²) in [5.41, 5.74) is 1.05. The van der Waals surface area contributed by atoms with Gasteiger partial charge in [-0.15, -0.1) is 0 Å². The maximum atomic E-state index is 9.78. The fourth-order valence-electron chi connectivity index (χ4n) is 1.65.